The molecule has 0 aliphatic heterocycles. The normalized spacial score (nSPS) is 10.9. The largest absolute Gasteiger partial charge is 0.385 e. The van der Waals surface area contributed by atoms with E-state index in [1.165, 1.54) is 10.9 Å². The highest BCUT2D eigenvalue weighted by atomic mass is 16.5. The molecule has 2 nitrogen and oxygen atoms in total. The third-order valence-corrected chi connectivity index (χ3v) is 2.37. The molecule has 14 heavy (non-hydrogen) atoms. The van der Waals surface area contributed by atoms with Crippen LogP contribution in [0.4, 0.5) is 0 Å². The average molecular weight is 188 g/mol. The second-order valence-electron chi connectivity index (χ2n) is 3.34. The van der Waals surface area contributed by atoms with E-state index in [0.717, 1.165) is 19.6 Å². The number of rotatable bonds is 4. The van der Waals surface area contributed by atoms with Gasteiger partial charge in [-0.1, -0.05) is 12.1 Å². The molecule has 0 aliphatic rings. The standard InChI is InChI=1S/C12H14NO/c1-14-10-4-8-13-9-7-11-5-2-3-6-12(11)13/h2,5-7,9H,4,8,10H2,1H3. The Morgan fingerprint density at radius 2 is 2.36 bits per heavy atom. The summed E-state index contributed by atoms with van der Waals surface area (Å²) in [6.45, 7) is 1.82. The van der Waals surface area contributed by atoms with Crippen LogP contribution in [-0.4, -0.2) is 18.3 Å². The molecule has 2 heteroatoms. The summed E-state index contributed by atoms with van der Waals surface area (Å²) < 4.78 is 7.27. The van der Waals surface area contributed by atoms with E-state index in [-0.39, 0.29) is 0 Å². The van der Waals surface area contributed by atoms with Gasteiger partial charge in [0, 0.05) is 32.0 Å². The van der Waals surface area contributed by atoms with Gasteiger partial charge in [0.1, 0.15) is 0 Å². The van der Waals surface area contributed by atoms with Crippen molar-refractivity contribution in [2.45, 2.75) is 13.0 Å². The summed E-state index contributed by atoms with van der Waals surface area (Å²) in [7, 11) is 1.74. The Labute approximate surface area is 84.1 Å². The molecule has 1 radical (unpaired) electrons. The van der Waals surface area contributed by atoms with Crippen LogP contribution in [0.3, 0.4) is 0 Å². The molecule has 0 spiro atoms. The third kappa shape index (κ3) is 1.80. The number of aromatic nitrogens is 1. The van der Waals surface area contributed by atoms with Crippen molar-refractivity contribution < 1.29 is 4.74 Å². The van der Waals surface area contributed by atoms with Crippen LogP contribution in [0.15, 0.2) is 30.5 Å². The molecule has 2 rings (SSSR count). The van der Waals surface area contributed by atoms with Gasteiger partial charge in [0.25, 0.3) is 0 Å². The lowest BCUT2D eigenvalue weighted by molar-refractivity contribution is 0.190. The van der Waals surface area contributed by atoms with Crippen LogP contribution in [0.1, 0.15) is 6.42 Å². The fraction of sp³-hybridized carbons (Fsp3) is 0.333. The first-order valence-corrected chi connectivity index (χ1v) is 4.85. The highest BCUT2D eigenvalue weighted by Gasteiger charge is 1.98. The van der Waals surface area contributed by atoms with Gasteiger partial charge in [0.05, 0.1) is 0 Å². The van der Waals surface area contributed by atoms with Crippen molar-refractivity contribution >= 4 is 10.9 Å². The van der Waals surface area contributed by atoms with Crippen molar-refractivity contribution in [3.8, 4) is 0 Å². The molecular formula is C12H14NO. The highest BCUT2D eigenvalue weighted by Crippen LogP contribution is 2.14. The van der Waals surface area contributed by atoms with E-state index in [0.29, 0.717) is 0 Å². The monoisotopic (exact) mass is 188 g/mol. The van der Waals surface area contributed by atoms with E-state index in [1.54, 1.807) is 7.11 Å². The summed E-state index contributed by atoms with van der Waals surface area (Å²) in [5, 5.41) is 1.28. The predicted molar refractivity (Wildman–Crippen MR) is 57.3 cm³/mol. The number of hydrogen-bond acceptors (Lipinski definition) is 1. The van der Waals surface area contributed by atoms with E-state index < -0.39 is 0 Å². The molecule has 0 unspecified atom stereocenters. The first kappa shape index (κ1) is 9.28. The SMILES string of the molecule is COCCCn1ccc2cc[c]cc21. The minimum Gasteiger partial charge on any atom is -0.385 e. The Morgan fingerprint density at radius 3 is 3.21 bits per heavy atom. The molecule has 0 saturated heterocycles. The van der Waals surface area contributed by atoms with Crippen LogP contribution < -0.4 is 0 Å². The number of nitrogens with zero attached hydrogens (tertiary/aromatic N) is 1. The third-order valence-electron chi connectivity index (χ3n) is 2.37. The Hall–Kier alpha value is -1.28. The zero-order chi connectivity index (χ0) is 9.80. The number of methoxy groups -OCH3 is 1. The van der Waals surface area contributed by atoms with E-state index in [4.69, 9.17) is 4.74 Å². The Kier molecular flexibility index (Phi) is 2.84. The molecule has 0 saturated carbocycles. The number of ether oxygens (including phenoxy) is 1. The average Bonchev–Trinajstić information content (AvgIpc) is 2.63. The lowest BCUT2D eigenvalue weighted by Gasteiger charge is -2.04. The lowest BCUT2D eigenvalue weighted by atomic mass is 10.2. The first-order chi connectivity index (χ1) is 6.92. The Morgan fingerprint density at radius 1 is 1.43 bits per heavy atom. The molecule has 0 aliphatic carbocycles. The Balaban J connectivity index is 2.17. The van der Waals surface area contributed by atoms with Crippen LogP contribution in [0, 0.1) is 6.07 Å². The molecule has 0 atom stereocenters. The summed E-state index contributed by atoms with van der Waals surface area (Å²) in [6, 6.07) is 11.3. The van der Waals surface area contributed by atoms with E-state index in [9.17, 15) is 0 Å². The maximum Gasteiger partial charge on any atom is 0.0486 e. The molecule has 0 fully saturated rings. The van der Waals surface area contributed by atoms with Gasteiger partial charge in [-0.05, 0) is 30.0 Å². The maximum absolute atomic E-state index is 5.03. The lowest BCUT2D eigenvalue weighted by Crippen LogP contribution is -1.99. The molecule has 0 amide bonds. The number of benzene rings is 1. The Bertz CT molecular complexity index is 405. The van der Waals surface area contributed by atoms with Gasteiger partial charge < -0.3 is 9.30 Å². The summed E-state index contributed by atoms with van der Waals surface area (Å²) in [5.74, 6) is 0. The first-order valence-electron chi connectivity index (χ1n) is 4.85. The van der Waals surface area contributed by atoms with Crippen molar-refractivity contribution in [2.75, 3.05) is 13.7 Å². The van der Waals surface area contributed by atoms with Crippen molar-refractivity contribution in [3.05, 3.63) is 36.5 Å². The summed E-state index contributed by atoms with van der Waals surface area (Å²) in [4.78, 5) is 0. The highest BCUT2D eigenvalue weighted by molar-refractivity contribution is 5.79. The van der Waals surface area contributed by atoms with Crippen LogP contribution >= 0.6 is 0 Å². The molecular weight excluding hydrogens is 174 g/mol. The minimum absolute atomic E-state index is 0.816. The van der Waals surface area contributed by atoms with Crippen LogP contribution in [-0.2, 0) is 11.3 Å². The van der Waals surface area contributed by atoms with E-state index in [1.807, 2.05) is 12.1 Å². The van der Waals surface area contributed by atoms with Gasteiger partial charge in [-0.15, -0.1) is 0 Å². The second kappa shape index (κ2) is 4.29. The van der Waals surface area contributed by atoms with Gasteiger partial charge >= 0.3 is 0 Å². The van der Waals surface area contributed by atoms with Gasteiger partial charge in [-0.3, -0.25) is 0 Å². The van der Waals surface area contributed by atoms with Crippen LogP contribution in [0.5, 0.6) is 0 Å². The fourth-order valence-electron chi connectivity index (χ4n) is 1.65. The number of fused-ring (bicyclic) bond motifs is 1. The number of aryl methyl sites for hydroxylation is 1. The molecule has 73 valence electrons. The van der Waals surface area contributed by atoms with Crippen LogP contribution in [0.25, 0.3) is 10.9 Å². The zero-order valence-electron chi connectivity index (χ0n) is 8.36. The fourth-order valence-corrected chi connectivity index (χ4v) is 1.65. The van der Waals surface area contributed by atoms with Gasteiger partial charge in [0.15, 0.2) is 0 Å². The van der Waals surface area contributed by atoms with Gasteiger partial charge in [-0.2, -0.15) is 0 Å². The summed E-state index contributed by atoms with van der Waals surface area (Å²) in [6.07, 6.45) is 3.17. The van der Waals surface area contributed by atoms with Crippen molar-refractivity contribution in [2.24, 2.45) is 0 Å². The van der Waals surface area contributed by atoms with Crippen molar-refractivity contribution in [3.63, 3.8) is 0 Å². The zero-order valence-corrected chi connectivity index (χ0v) is 8.36. The molecule has 0 bridgehead atoms. The van der Waals surface area contributed by atoms with Crippen LogP contribution in [0.2, 0.25) is 0 Å². The van der Waals surface area contributed by atoms with E-state index in [2.05, 4.69) is 29.0 Å². The van der Waals surface area contributed by atoms with E-state index >= 15 is 0 Å². The molecule has 1 aromatic carbocycles. The smallest absolute Gasteiger partial charge is 0.0486 e. The molecule has 1 aromatic heterocycles. The molecule has 0 N–H and O–H groups in total. The quantitative estimate of drug-likeness (QED) is 0.672. The predicted octanol–water partition coefficient (Wildman–Crippen LogP) is 2.48. The van der Waals surface area contributed by atoms with Gasteiger partial charge in [-0.25, -0.2) is 0 Å². The maximum atomic E-state index is 5.03. The molecule has 2 aromatic rings. The van der Waals surface area contributed by atoms with Crippen molar-refractivity contribution in [1.82, 2.24) is 4.57 Å². The summed E-state index contributed by atoms with van der Waals surface area (Å²) >= 11 is 0. The van der Waals surface area contributed by atoms with Gasteiger partial charge in [0.2, 0.25) is 0 Å². The number of hydrogen-bond donors (Lipinski definition) is 0. The molecule has 1 heterocycles. The summed E-state index contributed by atoms with van der Waals surface area (Å²) in [5.41, 5.74) is 1.25. The van der Waals surface area contributed by atoms with Crippen molar-refractivity contribution in [1.29, 1.82) is 0 Å². The minimum atomic E-state index is 0.816. The second-order valence-corrected chi connectivity index (χ2v) is 3.34. The topological polar surface area (TPSA) is 14.2 Å².